The molecule has 2 aromatic rings. The normalized spacial score (nSPS) is 19.4. The highest BCUT2D eigenvalue weighted by molar-refractivity contribution is 7.76. The third-order valence-electron chi connectivity index (χ3n) is 4.28. The highest BCUT2D eigenvalue weighted by Gasteiger charge is 2.41. The van der Waals surface area contributed by atoms with E-state index in [4.69, 9.17) is 4.74 Å². The lowest BCUT2D eigenvalue weighted by Crippen LogP contribution is -2.37. The molecule has 0 aliphatic carbocycles. The van der Waals surface area contributed by atoms with E-state index < -0.39 is 7.29 Å². The largest absolute Gasteiger partial charge is 0.383 e. The molecule has 1 aliphatic heterocycles. The lowest BCUT2D eigenvalue weighted by atomic mass is 10.2. The van der Waals surface area contributed by atoms with Gasteiger partial charge in [0.1, 0.15) is 0 Å². The minimum Gasteiger partial charge on any atom is -0.383 e. The molecule has 3 rings (SSSR count). The molecule has 1 saturated heterocycles. The average molecular weight is 315 g/mol. The maximum atomic E-state index is 14.2. The van der Waals surface area contributed by atoms with E-state index in [1.807, 2.05) is 60.7 Å². The summed E-state index contributed by atoms with van der Waals surface area (Å²) in [6.07, 6.45) is 2.11. The second-order valence-electron chi connectivity index (χ2n) is 5.66. The van der Waals surface area contributed by atoms with Crippen molar-refractivity contribution >= 4 is 17.9 Å². The summed E-state index contributed by atoms with van der Waals surface area (Å²) in [5, 5.41) is 1.81. The lowest BCUT2D eigenvalue weighted by Gasteiger charge is -2.33. The second kappa shape index (κ2) is 6.78. The van der Waals surface area contributed by atoms with Gasteiger partial charge in [-0.1, -0.05) is 36.4 Å². The van der Waals surface area contributed by atoms with Crippen molar-refractivity contribution in [3.05, 3.63) is 60.7 Å². The van der Waals surface area contributed by atoms with Gasteiger partial charge in [-0.25, -0.2) is 4.67 Å². The van der Waals surface area contributed by atoms with E-state index >= 15 is 0 Å². The van der Waals surface area contributed by atoms with Gasteiger partial charge in [0.25, 0.3) is 0 Å². The monoisotopic (exact) mass is 315 g/mol. The first kappa shape index (κ1) is 15.5. The Kier molecular flexibility index (Phi) is 4.77. The number of rotatable bonds is 5. The first-order chi connectivity index (χ1) is 10.8. The summed E-state index contributed by atoms with van der Waals surface area (Å²) in [6.45, 7) is 1.48. The second-order valence-corrected chi connectivity index (χ2v) is 8.36. The van der Waals surface area contributed by atoms with Crippen LogP contribution in [0.15, 0.2) is 60.7 Å². The predicted octanol–water partition coefficient (Wildman–Crippen LogP) is 3.03. The van der Waals surface area contributed by atoms with Crippen molar-refractivity contribution in [2.24, 2.45) is 0 Å². The Morgan fingerprint density at radius 3 is 2.09 bits per heavy atom. The fourth-order valence-corrected chi connectivity index (χ4v) is 6.37. The zero-order chi connectivity index (χ0) is 15.4. The van der Waals surface area contributed by atoms with Gasteiger partial charge in [0.05, 0.1) is 6.61 Å². The van der Waals surface area contributed by atoms with E-state index in [1.165, 1.54) is 0 Å². The van der Waals surface area contributed by atoms with E-state index in [-0.39, 0.29) is 6.04 Å². The molecule has 0 unspecified atom stereocenters. The highest BCUT2D eigenvalue weighted by atomic mass is 31.2. The summed E-state index contributed by atoms with van der Waals surface area (Å²) in [7, 11) is -1.09. The van der Waals surface area contributed by atoms with Crippen LogP contribution in [0.2, 0.25) is 0 Å². The first-order valence-corrected chi connectivity index (χ1v) is 9.40. The molecular weight excluding hydrogens is 293 g/mol. The van der Waals surface area contributed by atoms with Crippen LogP contribution in [-0.2, 0) is 9.30 Å². The Balaban J connectivity index is 2.10. The molecule has 1 atom stereocenters. The van der Waals surface area contributed by atoms with E-state index in [0.29, 0.717) is 6.61 Å². The predicted molar refractivity (Wildman–Crippen MR) is 91.4 cm³/mol. The van der Waals surface area contributed by atoms with Gasteiger partial charge in [-0.3, -0.25) is 4.57 Å². The molecule has 0 aromatic heterocycles. The summed E-state index contributed by atoms with van der Waals surface area (Å²) in [6, 6.07) is 19.9. The molecule has 0 N–H and O–H groups in total. The van der Waals surface area contributed by atoms with E-state index in [2.05, 4.69) is 4.67 Å². The van der Waals surface area contributed by atoms with Crippen LogP contribution in [0.1, 0.15) is 12.8 Å². The van der Waals surface area contributed by atoms with Crippen LogP contribution in [0.5, 0.6) is 0 Å². The van der Waals surface area contributed by atoms with Crippen molar-refractivity contribution in [1.29, 1.82) is 0 Å². The van der Waals surface area contributed by atoms with Crippen LogP contribution >= 0.6 is 7.29 Å². The van der Waals surface area contributed by atoms with Crippen molar-refractivity contribution < 1.29 is 9.30 Å². The minimum atomic E-state index is -2.80. The quantitative estimate of drug-likeness (QED) is 0.794. The highest BCUT2D eigenvalue weighted by Crippen LogP contribution is 2.51. The SMILES string of the molecule is COC[C@@H]1CCCN1P(=O)(c1ccccc1)c1ccccc1. The van der Waals surface area contributed by atoms with E-state index in [0.717, 1.165) is 30.0 Å². The van der Waals surface area contributed by atoms with Crippen LogP contribution in [0, 0.1) is 0 Å². The number of methoxy groups -OCH3 is 1. The Bertz CT molecular complexity index is 601. The Hall–Kier alpha value is -1.41. The Morgan fingerprint density at radius 2 is 1.59 bits per heavy atom. The third-order valence-corrected chi connectivity index (χ3v) is 7.53. The first-order valence-electron chi connectivity index (χ1n) is 7.74. The van der Waals surface area contributed by atoms with Crippen LogP contribution in [-0.4, -0.2) is 31.0 Å². The van der Waals surface area contributed by atoms with Gasteiger partial charge in [0.2, 0.25) is 7.29 Å². The number of hydrogen-bond donors (Lipinski definition) is 0. The standard InChI is InChI=1S/C18H22NO2P/c1-21-15-16-9-8-14-19(16)22(20,17-10-4-2-5-11-17)18-12-6-3-7-13-18/h2-7,10-13,16H,8-9,14-15H2,1H3/t16-/m0/s1. The molecular formula is C18H22NO2P. The lowest BCUT2D eigenvalue weighted by molar-refractivity contribution is 0.149. The van der Waals surface area contributed by atoms with Crippen molar-refractivity contribution in [1.82, 2.24) is 4.67 Å². The van der Waals surface area contributed by atoms with Gasteiger partial charge in [-0.2, -0.15) is 0 Å². The molecule has 0 spiro atoms. The van der Waals surface area contributed by atoms with Gasteiger partial charge in [-0.05, 0) is 37.1 Å². The summed E-state index contributed by atoms with van der Waals surface area (Å²) in [4.78, 5) is 0. The third kappa shape index (κ3) is 2.77. The van der Waals surface area contributed by atoms with Crippen molar-refractivity contribution in [2.45, 2.75) is 18.9 Å². The van der Waals surface area contributed by atoms with Crippen molar-refractivity contribution in [3.8, 4) is 0 Å². The number of benzene rings is 2. The number of hydrogen-bond acceptors (Lipinski definition) is 2. The van der Waals surface area contributed by atoms with Gasteiger partial charge in [0.15, 0.2) is 0 Å². The zero-order valence-corrected chi connectivity index (χ0v) is 13.8. The number of ether oxygens (including phenoxy) is 1. The Morgan fingerprint density at radius 1 is 1.05 bits per heavy atom. The molecule has 1 fully saturated rings. The molecule has 0 saturated carbocycles. The van der Waals surface area contributed by atoms with Crippen LogP contribution in [0.4, 0.5) is 0 Å². The van der Waals surface area contributed by atoms with Crippen molar-refractivity contribution in [2.75, 3.05) is 20.3 Å². The maximum Gasteiger partial charge on any atom is 0.207 e. The molecule has 1 aliphatic rings. The molecule has 2 aromatic carbocycles. The summed E-state index contributed by atoms with van der Waals surface area (Å²) < 4.78 is 21.7. The number of nitrogens with zero attached hydrogens (tertiary/aromatic N) is 1. The molecule has 3 nitrogen and oxygen atoms in total. The summed E-state index contributed by atoms with van der Waals surface area (Å²) in [5.74, 6) is 0. The smallest absolute Gasteiger partial charge is 0.207 e. The molecule has 22 heavy (non-hydrogen) atoms. The van der Waals surface area contributed by atoms with Gasteiger partial charge < -0.3 is 4.74 Å². The minimum absolute atomic E-state index is 0.219. The molecule has 4 heteroatoms. The van der Waals surface area contributed by atoms with Gasteiger partial charge in [-0.15, -0.1) is 0 Å². The van der Waals surface area contributed by atoms with Crippen molar-refractivity contribution in [3.63, 3.8) is 0 Å². The average Bonchev–Trinajstić information content (AvgIpc) is 3.05. The zero-order valence-electron chi connectivity index (χ0n) is 12.9. The summed E-state index contributed by atoms with van der Waals surface area (Å²) in [5.41, 5.74) is 0. The van der Waals surface area contributed by atoms with Gasteiger partial charge >= 0.3 is 0 Å². The molecule has 116 valence electrons. The molecule has 0 amide bonds. The topological polar surface area (TPSA) is 29.5 Å². The fraction of sp³-hybridized carbons (Fsp3) is 0.333. The molecule has 0 radical (unpaired) electrons. The summed E-state index contributed by atoms with van der Waals surface area (Å²) >= 11 is 0. The molecule has 1 heterocycles. The van der Waals surface area contributed by atoms with E-state index in [9.17, 15) is 4.57 Å². The van der Waals surface area contributed by atoms with Crippen LogP contribution < -0.4 is 10.6 Å². The van der Waals surface area contributed by atoms with Crippen LogP contribution in [0.25, 0.3) is 0 Å². The maximum absolute atomic E-state index is 14.2. The van der Waals surface area contributed by atoms with E-state index in [1.54, 1.807) is 7.11 Å². The van der Waals surface area contributed by atoms with Crippen LogP contribution in [0.3, 0.4) is 0 Å². The fourth-order valence-electron chi connectivity index (χ4n) is 3.26. The van der Waals surface area contributed by atoms with Gasteiger partial charge in [0, 0.05) is 30.3 Å². The Labute approximate surface area is 132 Å². The molecule has 0 bridgehead atoms.